The Morgan fingerprint density at radius 2 is 0.778 bits per heavy atom. The molecule has 1 nitrogen and oxygen atoms in total. The number of hydrogen-bond acceptors (Lipinski definition) is 0. The fourth-order valence-corrected chi connectivity index (χ4v) is 7.65. The number of fused-ring (bicyclic) bond motifs is 9. The van der Waals surface area contributed by atoms with E-state index in [1.54, 1.807) is 0 Å². The third-order valence-corrected chi connectivity index (χ3v) is 9.67. The van der Waals surface area contributed by atoms with Crippen molar-refractivity contribution in [3.8, 4) is 33.4 Å². The number of rotatable bonds is 3. The lowest BCUT2D eigenvalue weighted by molar-refractivity contribution is 1.37. The largest absolute Gasteiger partial charge is 0.308 e. The van der Waals surface area contributed by atoms with Gasteiger partial charge in [0.2, 0.25) is 0 Å². The summed E-state index contributed by atoms with van der Waals surface area (Å²) in [5.74, 6) is 0. The molecular weight excluding hydrogens is 542 g/mol. The zero-order valence-corrected chi connectivity index (χ0v) is 24.5. The minimum absolute atomic E-state index is 1.22. The van der Waals surface area contributed by atoms with E-state index in [1.807, 2.05) is 0 Å². The van der Waals surface area contributed by atoms with Gasteiger partial charge in [-0.25, -0.2) is 0 Å². The van der Waals surface area contributed by atoms with Gasteiger partial charge < -0.3 is 4.40 Å². The highest BCUT2D eigenvalue weighted by atomic mass is 14.9. The molecule has 0 saturated heterocycles. The van der Waals surface area contributed by atoms with Crippen LogP contribution in [0.4, 0.5) is 0 Å². The minimum atomic E-state index is 1.22. The first-order valence-corrected chi connectivity index (χ1v) is 15.6. The van der Waals surface area contributed by atoms with Crippen LogP contribution in [-0.4, -0.2) is 4.40 Å². The molecule has 0 aliphatic rings. The third-order valence-electron chi connectivity index (χ3n) is 9.67. The first kappa shape index (κ1) is 24.5. The average Bonchev–Trinajstić information content (AvgIpc) is 3.63. The second-order valence-corrected chi connectivity index (χ2v) is 12.1. The van der Waals surface area contributed by atoms with Crippen LogP contribution in [0.25, 0.3) is 93.0 Å². The Kier molecular flexibility index (Phi) is 5.06. The van der Waals surface area contributed by atoms with Gasteiger partial charge in [-0.2, -0.15) is 0 Å². The Morgan fingerprint density at radius 1 is 0.289 bits per heavy atom. The third kappa shape index (κ3) is 3.56. The quantitative estimate of drug-likeness (QED) is 0.186. The molecule has 1 heteroatoms. The number of nitrogens with zero attached hydrogens (tertiary/aromatic N) is 1. The van der Waals surface area contributed by atoms with Gasteiger partial charge in [0.25, 0.3) is 0 Å². The van der Waals surface area contributed by atoms with Crippen LogP contribution in [0.3, 0.4) is 0 Å². The van der Waals surface area contributed by atoms with Crippen LogP contribution >= 0.6 is 0 Å². The van der Waals surface area contributed by atoms with Gasteiger partial charge in [0.15, 0.2) is 0 Å². The first-order valence-electron chi connectivity index (χ1n) is 15.6. The van der Waals surface area contributed by atoms with Crippen LogP contribution in [0.15, 0.2) is 164 Å². The lowest BCUT2D eigenvalue weighted by Crippen LogP contribution is -1.86. The van der Waals surface area contributed by atoms with E-state index in [2.05, 4.69) is 168 Å². The molecule has 0 bridgehead atoms. The summed E-state index contributed by atoms with van der Waals surface area (Å²) in [6, 6.07) is 60.3. The molecule has 0 spiro atoms. The van der Waals surface area contributed by atoms with Crippen molar-refractivity contribution in [2.24, 2.45) is 0 Å². The monoisotopic (exact) mass is 569 g/mol. The number of hydrogen-bond donors (Lipinski definition) is 0. The van der Waals surface area contributed by atoms with E-state index in [1.165, 1.54) is 93.0 Å². The molecule has 0 saturated carbocycles. The molecule has 0 amide bonds. The van der Waals surface area contributed by atoms with Crippen molar-refractivity contribution in [2.45, 2.75) is 0 Å². The average molecular weight is 570 g/mol. The van der Waals surface area contributed by atoms with Crippen molar-refractivity contribution in [1.82, 2.24) is 4.40 Å². The molecule has 0 aliphatic heterocycles. The smallest absolute Gasteiger partial charge is 0.0620 e. The Balaban J connectivity index is 1.15. The normalized spacial score (nSPS) is 12.0. The van der Waals surface area contributed by atoms with Gasteiger partial charge in [0, 0.05) is 21.5 Å². The molecule has 10 aromatic rings. The molecule has 0 aliphatic carbocycles. The second-order valence-electron chi connectivity index (χ2n) is 12.1. The SMILES string of the molecule is c1cc(-c2cccc(-c3cc4ccccc4c4ccccc34)c2)cc(-c2cc3c4ccccc4n4c5ccccc5c(c2)c34)c1. The molecule has 0 atom stereocenters. The molecule has 0 fully saturated rings. The van der Waals surface area contributed by atoms with Crippen LogP contribution in [0.2, 0.25) is 0 Å². The fourth-order valence-electron chi connectivity index (χ4n) is 7.65. The van der Waals surface area contributed by atoms with Crippen molar-refractivity contribution < 1.29 is 0 Å². The van der Waals surface area contributed by atoms with E-state index in [0.29, 0.717) is 0 Å². The van der Waals surface area contributed by atoms with Crippen LogP contribution in [0, 0.1) is 0 Å². The molecule has 2 aromatic heterocycles. The molecular formula is C44H27N. The molecule has 10 rings (SSSR count). The predicted octanol–water partition coefficient (Wildman–Crippen LogP) is 12.1. The number of aromatic nitrogens is 1. The summed E-state index contributed by atoms with van der Waals surface area (Å²) < 4.78 is 2.44. The minimum Gasteiger partial charge on any atom is -0.308 e. The van der Waals surface area contributed by atoms with Gasteiger partial charge in [0.1, 0.15) is 0 Å². The fraction of sp³-hybridized carbons (Fsp3) is 0. The highest BCUT2D eigenvalue weighted by Gasteiger charge is 2.18. The van der Waals surface area contributed by atoms with Gasteiger partial charge in [-0.15, -0.1) is 0 Å². The van der Waals surface area contributed by atoms with E-state index in [4.69, 9.17) is 0 Å². The van der Waals surface area contributed by atoms with Crippen molar-refractivity contribution >= 4 is 59.6 Å². The van der Waals surface area contributed by atoms with E-state index in [9.17, 15) is 0 Å². The van der Waals surface area contributed by atoms with E-state index >= 15 is 0 Å². The Bertz CT molecular complexity index is 2680. The molecule has 0 unspecified atom stereocenters. The van der Waals surface area contributed by atoms with Crippen LogP contribution < -0.4 is 0 Å². The first-order chi connectivity index (χ1) is 22.3. The lowest BCUT2D eigenvalue weighted by atomic mass is 9.91. The van der Waals surface area contributed by atoms with Crippen molar-refractivity contribution in [3.63, 3.8) is 0 Å². The van der Waals surface area contributed by atoms with Crippen LogP contribution in [0.5, 0.6) is 0 Å². The summed E-state index contributed by atoms with van der Waals surface area (Å²) in [6.07, 6.45) is 0. The summed E-state index contributed by atoms with van der Waals surface area (Å²) >= 11 is 0. The van der Waals surface area contributed by atoms with Gasteiger partial charge >= 0.3 is 0 Å². The molecule has 45 heavy (non-hydrogen) atoms. The summed E-state index contributed by atoms with van der Waals surface area (Å²) in [5.41, 5.74) is 11.3. The van der Waals surface area contributed by atoms with Crippen molar-refractivity contribution in [1.29, 1.82) is 0 Å². The van der Waals surface area contributed by atoms with E-state index < -0.39 is 0 Å². The lowest BCUT2D eigenvalue weighted by Gasteiger charge is -2.13. The maximum atomic E-state index is 2.44. The number of benzene rings is 8. The van der Waals surface area contributed by atoms with Gasteiger partial charge in [-0.3, -0.25) is 0 Å². The number of para-hydroxylation sites is 2. The highest BCUT2D eigenvalue weighted by molar-refractivity contribution is 6.24. The topological polar surface area (TPSA) is 4.41 Å². The zero-order valence-electron chi connectivity index (χ0n) is 24.5. The van der Waals surface area contributed by atoms with Gasteiger partial charge in [-0.05, 0) is 97.4 Å². The predicted molar refractivity (Wildman–Crippen MR) is 192 cm³/mol. The standard InChI is InChI=1S/C44H27N/c1-2-16-34-32(11-1)25-39(36-18-4-3-17-35(34)36)31-15-10-13-29(24-31)28-12-9-14-30(23-28)33-26-40-37-19-5-7-21-42(37)45-43-22-8-6-20-38(43)41(27-33)44(40)45/h1-27H. The van der Waals surface area contributed by atoms with E-state index in [-0.39, 0.29) is 0 Å². The Hall–Kier alpha value is -5.92. The summed E-state index contributed by atoms with van der Waals surface area (Å²) in [7, 11) is 0. The summed E-state index contributed by atoms with van der Waals surface area (Å²) in [5, 5.41) is 10.4. The Morgan fingerprint density at radius 3 is 1.44 bits per heavy atom. The van der Waals surface area contributed by atoms with Crippen molar-refractivity contribution in [3.05, 3.63) is 164 Å². The second kappa shape index (κ2) is 9.29. The molecule has 2 heterocycles. The summed E-state index contributed by atoms with van der Waals surface area (Å²) in [6.45, 7) is 0. The Labute approximate surface area is 260 Å². The van der Waals surface area contributed by atoms with Gasteiger partial charge in [-0.1, -0.05) is 121 Å². The molecule has 0 N–H and O–H groups in total. The summed E-state index contributed by atoms with van der Waals surface area (Å²) in [4.78, 5) is 0. The van der Waals surface area contributed by atoms with Gasteiger partial charge in [0.05, 0.1) is 16.6 Å². The zero-order chi connectivity index (χ0) is 29.5. The highest BCUT2D eigenvalue weighted by Crippen LogP contribution is 2.42. The molecule has 208 valence electrons. The maximum Gasteiger partial charge on any atom is 0.0620 e. The molecule has 0 radical (unpaired) electrons. The maximum absolute atomic E-state index is 2.44. The molecule has 8 aromatic carbocycles. The van der Waals surface area contributed by atoms with Crippen molar-refractivity contribution in [2.75, 3.05) is 0 Å². The van der Waals surface area contributed by atoms with E-state index in [0.717, 1.165) is 0 Å². The van der Waals surface area contributed by atoms with Crippen LogP contribution in [0.1, 0.15) is 0 Å². The van der Waals surface area contributed by atoms with Crippen LogP contribution in [-0.2, 0) is 0 Å².